The van der Waals surface area contributed by atoms with Crippen LogP contribution in [-0.2, 0) is 20.8 Å². The summed E-state index contributed by atoms with van der Waals surface area (Å²) in [4.78, 5) is 4.59. The van der Waals surface area contributed by atoms with Crippen LogP contribution in [0.25, 0.3) is 0 Å². The molecule has 1 aliphatic rings. The molecular weight excluding hydrogens is 485 g/mol. The third-order valence-corrected chi connectivity index (χ3v) is 4.34. The maximum atomic E-state index is 5.77. The summed E-state index contributed by atoms with van der Waals surface area (Å²) in [6, 6.07) is 7.94. The first-order chi connectivity index (χ1) is 13.8. The third kappa shape index (κ3) is 11.6. The van der Waals surface area contributed by atoms with E-state index in [0.717, 1.165) is 76.0 Å². The van der Waals surface area contributed by atoms with Gasteiger partial charge in [0.05, 0.1) is 26.4 Å². The summed E-state index contributed by atoms with van der Waals surface area (Å²) >= 11 is 0. The second kappa shape index (κ2) is 16.7. The molecule has 29 heavy (non-hydrogen) atoms. The molecule has 1 aromatic rings. The Labute approximate surface area is 191 Å². The Hall–Kier alpha value is -1.10. The summed E-state index contributed by atoms with van der Waals surface area (Å²) in [7, 11) is 1.67. The third-order valence-electron chi connectivity index (χ3n) is 4.34. The number of methoxy groups -OCH3 is 1. The molecule has 0 spiro atoms. The highest BCUT2D eigenvalue weighted by Gasteiger charge is 2.15. The molecule has 1 aromatic carbocycles. The van der Waals surface area contributed by atoms with Crippen LogP contribution < -0.4 is 15.4 Å². The van der Waals surface area contributed by atoms with Gasteiger partial charge in [0.1, 0.15) is 5.75 Å². The van der Waals surface area contributed by atoms with Gasteiger partial charge in [-0.3, -0.25) is 4.99 Å². The van der Waals surface area contributed by atoms with E-state index < -0.39 is 0 Å². The average Bonchev–Trinajstić information content (AvgIpc) is 3.24. The predicted molar refractivity (Wildman–Crippen MR) is 126 cm³/mol. The number of guanidine groups is 1. The lowest BCUT2D eigenvalue weighted by Crippen LogP contribution is -2.38. The van der Waals surface area contributed by atoms with E-state index in [9.17, 15) is 0 Å². The molecule has 1 fully saturated rings. The van der Waals surface area contributed by atoms with Crippen molar-refractivity contribution in [2.45, 2.75) is 38.9 Å². The van der Waals surface area contributed by atoms with Crippen LogP contribution in [0.5, 0.6) is 5.75 Å². The Balaban J connectivity index is 0.00000420. The zero-order valence-electron chi connectivity index (χ0n) is 17.7. The zero-order valence-corrected chi connectivity index (χ0v) is 20.0. The molecule has 1 heterocycles. The maximum absolute atomic E-state index is 5.77. The van der Waals surface area contributed by atoms with E-state index in [1.54, 1.807) is 7.11 Å². The fourth-order valence-corrected chi connectivity index (χ4v) is 2.78. The molecule has 1 unspecified atom stereocenters. The number of halogens is 1. The number of hydrogen-bond acceptors (Lipinski definition) is 5. The molecule has 1 aliphatic heterocycles. The van der Waals surface area contributed by atoms with Crippen molar-refractivity contribution < 1.29 is 18.9 Å². The molecule has 0 bridgehead atoms. The summed E-state index contributed by atoms with van der Waals surface area (Å²) in [5.74, 6) is 1.71. The molecule has 0 aromatic heterocycles. The maximum Gasteiger partial charge on any atom is 0.191 e. The fraction of sp³-hybridized carbons (Fsp3) is 0.667. The molecule has 1 saturated heterocycles. The highest BCUT2D eigenvalue weighted by Crippen LogP contribution is 2.12. The number of nitrogens with one attached hydrogen (secondary N) is 2. The Bertz CT molecular complexity index is 551. The van der Waals surface area contributed by atoms with Gasteiger partial charge in [-0.1, -0.05) is 12.1 Å². The van der Waals surface area contributed by atoms with Crippen LogP contribution in [0.3, 0.4) is 0 Å². The first-order valence-electron chi connectivity index (χ1n) is 10.2. The minimum atomic E-state index is 0. The van der Waals surface area contributed by atoms with E-state index in [4.69, 9.17) is 18.9 Å². The van der Waals surface area contributed by atoms with Crippen LogP contribution >= 0.6 is 24.0 Å². The van der Waals surface area contributed by atoms with Crippen LogP contribution in [0.1, 0.15) is 31.7 Å². The minimum absolute atomic E-state index is 0. The summed E-state index contributed by atoms with van der Waals surface area (Å²) in [6.45, 7) is 8.08. The SMILES string of the molecule is CCNC(=NCCCOCc1ccc(OC)cc1)NCCCOC1CCOC1.I. The van der Waals surface area contributed by atoms with Crippen molar-refractivity contribution in [2.24, 2.45) is 4.99 Å². The number of hydrogen-bond donors (Lipinski definition) is 2. The first-order valence-corrected chi connectivity index (χ1v) is 10.2. The van der Waals surface area contributed by atoms with Gasteiger partial charge < -0.3 is 29.6 Å². The Kier molecular flexibility index (Phi) is 14.9. The monoisotopic (exact) mass is 521 g/mol. The van der Waals surface area contributed by atoms with Crippen LogP contribution in [0, 0.1) is 0 Å². The Morgan fingerprint density at radius 2 is 2.00 bits per heavy atom. The molecule has 166 valence electrons. The van der Waals surface area contributed by atoms with Crippen LogP contribution in [0.15, 0.2) is 29.3 Å². The molecule has 0 radical (unpaired) electrons. The van der Waals surface area contributed by atoms with E-state index in [1.165, 1.54) is 0 Å². The molecule has 8 heteroatoms. The van der Waals surface area contributed by atoms with Crippen molar-refractivity contribution in [1.29, 1.82) is 0 Å². The highest BCUT2D eigenvalue weighted by atomic mass is 127. The number of aliphatic imine (C=N–C) groups is 1. The van der Waals surface area contributed by atoms with Gasteiger partial charge >= 0.3 is 0 Å². The lowest BCUT2D eigenvalue weighted by atomic mass is 10.2. The van der Waals surface area contributed by atoms with Crippen LogP contribution in [0.2, 0.25) is 0 Å². The van der Waals surface area contributed by atoms with Gasteiger partial charge in [0.15, 0.2) is 5.96 Å². The second-order valence-electron chi connectivity index (χ2n) is 6.65. The van der Waals surface area contributed by atoms with Crippen molar-refractivity contribution in [3.63, 3.8) is 0 Å². The molecule has 0 amide bonds. The number of ether oxygens (including phenoxy) is 4. The van der Waals surface area contributed by atoms with Gasteiger partial charge in [-0.15, -0.1) is 24.0 Å². The van der Waals surface area contributed by atoms with Crippen molar-refractivity contribution in [2.75, 3.05) is 53.2 Å². The molecular formula is C21H36IN3O4. The normalized spacial score (nSPS) is 16.3. The second-order valence-corrected chi connectivity index (χ2v) is 6.65. The number of benzene rings is 1. The van der Waals surface area contributed by atoms with E-state index in [-0.39, 0.29) is 30.1 Å². The quantitative estimate of drug-likeness (QED) is 0.180. The van der Waals surface area contributed by atoms with Gasteiger partial charge in [-0.2, -0.15) is 0 Å². The Morgan fingerprint density at radius 1 is 1.17 bits per heavy atom. The number of nitrogens with zero attached hydrogens (tertiary/aromatic N) is 1. The average molecular weight is 521 g/mol. The molecule has 2 N–H and O–H groups in total. The smallest absolute Gasteiger partial charge is 0.191 e. The first kappa shape index (κ1) is 25.9. The predicted octanol–water partition coefficient (Wildman–Crippen LogP) is 2.97. The highest BCUT2D eigenvalue weighted by molar-refractivity contribution is 14.0. The lowest BCUT2D eigenvalue weighted by molar-refractivity contribution is 0.0420. The topological polar surface area (TPSA) is 73.3 Å². The summed E-state index contributed by atoms with van der Waals surface area (Å²) in [5.41, 5.74) is 1.14. The van der Waals surface area contributed by atoms with E-state index in [1.807, 2.05) is 24.3 Å². The van der Waals surface area contributed by atoms with Crippen LogP contribution in [-0.4, -0.2) is 65.2 Å². The molecule has 1 atom stereocenters. The minimum Gasteiger partial charge on any atom is -0.497 e. The Morgan fingerprint density at radius 3 is 2.69 bits per heavy atom. The summed E-state index contributed by atoms with van der Waals surface area (Å²) in [5, 5.41) is 6.62. The molecule has 0 aliphatic carbocycles. The van der Waals surface area contributed by atoms with Crippen molar-refractivity contribution >= 4 is 29.9 Å². The summed E-state index contributed by atoms with van der Waals surface area (Å²) in [6.07, 6.45) is 3.13. The molecule has 7 nitrogen and oxygen atoms in total. The summed E-state index contributed by atoms with van der Waals surface area (Å²) < 4.78 is 22.0. The van der Waals surface area contributed by atoms with Crippen molar-refractivity contribution in [3.8, 4) is 5.75 Å². The van der Waals surface area contributed by atoms with Gasteiger partial charge in [-0.05, 0) is 43.9 Å². The lowest BCUT2D eigenvalue weighted by Gasteiger charge is -2.13. The van der Waals surface area contributed by atoms with Gasteiger partial charge in [0, 0.05) is 39.5 Å². The van der Waals surface area contributed by atoms with Crippen LogP contribution in [0.4, 0.5) is 0 Å². The van der Waals surface area contributed by atoms with E-state index in [2.05, 4.69) is 22.5 Å². The van der Waals surface area contributed by atoms with E-state index >= 15 is 0 Å². The van der Waals surface area contributed by atoms with Gasteiger partial charge in [0.25, 0.3) is 0 Å². The molecule has 2 rings (SSSR count). The van der Waals surface area contributed by atoms with Gasteiger partial charge in [-0.25, -0.2) is 0 Å². The molecule has 0 saturated carbocycles. The van der Waals surface area contributed by atoms with Crippen molar-refractivity contribution in [1.82, 2.24) is 10.6 Å². The standard InChI is InChI=1S/C21H35N3O4.HI/c1-3-22-21(24-12-5-14-28-20-10-15-27-17-20)23-11-4-13-26-16-18-6-8-19(25-2)9-7-18;/h6-9,20H,3-5,10-17H2,1-2H3,(H2,22,23,24);1H. The van der Waals surface area contributed by atoms with Gasteiger partial charge in [0.2, 0.25) is 0 Å². The fourth-order valence-electron chi connectivity index (χ4n) is 2.78. The van der Waals surface area contributed by atoms with E-state index in [0.29, 0.717) is 13.2 Å². The number of rotatable bonds is 13. The van der Waals surface area contributed by atoms with Crippen molar-refractivity contribution in [3.05, 3.63) is 29.8 Å². The largest absolute Gasteiger partial charge is 0.497 e. The zero-order chi connectivity index (χ0) is 19.9.